The molecule has 0 radical (unpaired) electrons. The van der Waals surface area contributed by atoms with Gasteiger partial charge in [0.1, 0.15) is 5.60 Å². The molecule has 1 fully saturated rings. The number of piperidine rings is 1. The van der Waals surface area contributed by atoms with E-state index in [0.717, 1.165) is 41.7 Å². The van der Waals surface area contributed by atoms with Gasteiger partial charge in [-0.15, -0.1) is 0 Å². The van der Waals surface area contributed by atoms with Crippen molar-refractivity contribution in [3.05, 3.63) is 27.3 Å². The van der Waals surface area contributed by atoms with Crippen LogP contribution >= 0.6 is 22.6 Å². The van der Waals surface area contributed by atoms with E-state index in [9.17, 15) is 9.59 Å². The van der Waals surface area contributed by atoms with Crippen molar-refractivity contribution in [2.24, 2.45) is 5.92 Å². The largest absolute Gasteiger partial charge is 0.465 e. The molecule has 26 heavy (non-hydrogen) atoms. The molecule has 1 amide bonds. The van der Waals surface area contributed by atoms with Crippen molar-refractivity contribution < 1.29 is 19.1 Å². The van der Waals surface area contributed by atoms with Crippen molar-refractivity contribution in [3.63, 3.8) is 0 Å². The number of halogens is 1. The maximum absolute atomic E-state index is 12.1. The fourth-order valence-electron chi connectivity index (χ4n) is 2.81. The average molecular weight is 474 g/mol. The number of anilines is 1. The van der Waals surface area contributed by atoms with Crippen molar-refractivity contribution in [2.75, 3.05) is 32.1 Å². The number of rotatable bonds is 4. The highest BCUT2D eigenvalue weighted by atomic mass is 127. The van der Waals surface area contributed by atoms with Crippen LogP contribution in [0.15, 0.2) is 18.2 Å². The molecular formula is C19H27IN2O4. The van der Waals surface area contributed by atoms with Gasteiger partial charge in [-0.25, -0.2) is 9.59 Å². The SMILES string of the molecule is COC(=O)c1ccc(NCC2CCN(C(=O)OC(C)(C)C)CC2)cc1I. The van der Waals surface area contributed by atoms with Gasteiger partial charge in [0.15, 0.2) is 0 Å². The lowest BCUT2D eigenvalue weighted by atomic mass is 9.97. The van der Waals surface area contributed by atoms with Gasteiger partial charge in [-0.3, -0.25) is 0 Å². The van der Waals surface area contributed by atoms with Crippen molar-refractivity contribution in [1.29, 1.82) is 0 Å². The van der Waals surface area contributed by atoms with Gasteiger partial charge in [0.05, 0.1) is 12.7 Å². The zero-order valence-electron chi connectivity index (χ0n) is 15.8. The third-order valence-corrected chi connectivity index (χ3v) is 5.13. The van der Waals surface area contributed by atoms with Crippen LogP contribution in [0.4, 0.5) is 10.5 Å². The van der Waals surface area contributed by atoms with Crippen LogP contribution in [0, 0.1) is 9.49 Å². The van der Waals surface area contributed by atoms with Crippen LogP contribution < -0.4 is 5.32 Å². The second-order valence-corrected chi connectivity index (χ2v) is 8.64. The van der Waals surface area contributed by atoms with E-state index in [-0.39, 0.29) is 12.1 Å². The molecule has 6 nitrogen and oxygen atoms in total. The van der Waals surface area contributed by atoms with E-state index in [2.05, 4.69) is 27.9 Å². The molecule has 0 spiro atoms. The Morgan fingerprint density at radius 3 is 2.46 bits per heavy atom. The molecule has 0 unspecified atom stereocenters. The van der Waals surface area contributed by atoms with Crippen molar-refractivity contribution >= 4 is 40.3 Å². The summed E-state index contributed by atoms with van der Waals surface area (Å²) in [6, 6.07) is 5.62. The Kier molecular flexibility index (Phi) is 7.14. The maximum Gasteiger partial charge on any atom is 0.410 e. The second kappa shape index (κ2) is 8.92. The topological polar surface area (TPSA) is 67.9 Å². The summed E-state index contributed by atoms with van der Waals surface area (Å²) in [4.78, 5) is 25.5. The van der Waals surface area contributed by atoms with Crippen LogP contribution in [0.1, 0.15) is 44.0 Å². The number of hydrogen-bond donors (Lipinski definition) is 1. The molecule has 0 saturated carbocycles. The highest BCUT2D eigenvalue weighted by Crippen LogP contribution is 2.22. The normalized spacial score (nSPS) is 15.5. The third-order valence-electron chi connectivity index (χ3n) is 4.24. The fraction of sp³-hybridized carbons (Fsp3) is 0.579. The lowest BCUT2D eigenvalue weighted by molar-refractivity contribution is 0.0188. The zero-order chi connectivity index (χ0) is 19.3. The Bertz CT molecular complexity index is 649. The number of nitrogens with zero attached hydrogens (tertiary/aromatic N) is 1. The minimum absolute atomic E-state index is 0.225. The molecule has 144 valence electrons. The number of methoxy groups -OCH3 is 1. The van der Waals surface area contributed by atoms with Gasteiger partial charge in [0.2, 0.25) is 0 Å². The molecule has 0 bridgehead atoms. The van der Waals surface area contributed by atoms with Crippen LogP contribution in [0.3, 0.4) is 0 Å². The Balaban J connectivity index is 1.81. The van der Waals surface area contributed by atoms with Gasteiger partial charge >= 0.3 is 12.1 Å². The quantitative estimate of drug-likeness (QED) is 0.525. The van der Waals surface area contributed by atoms with Gasteiger partial charge in [-0.05, 0) is 80.3 Å². The number of likely N-dealkylation sites (tertiary alicyclic amines) is 1. The summed E-state index contributed by atoms with van der Waals surface area (Å²) in [6.07, 6.45) is 1.67. The van der Waals surface area contributed by atoms with Crippen LogP contribution in [0.5, 0.6) is 0 Å². The summed E-state index contributed by atoms with van der Waals surface area (Å²) in [5.41, 5.74) is 1.10. The van der Waals surface area contributed by atoms with E-state index in [1.165, 1.54) is 7.11 Å². The first-order chi connectivity index (χ1) is 12.2. The first kappa shape index (κ1) is 20.8. The Morgan fingerprint density at radius 2 is 1.92 bits per heavy atom. The molecular weight excluding hydrogens is 447 g/mol. The second-order valence-electron chi connectivity index (χ2n) is 7.48. The zero-order valence-corrected chi connectivity index (χ0v) is 18.0. The summed E-state index contributed by atoms with van der Waals surface area (Å²) < 4.78 is 11.1. The molecule has 2 rings (SSSR count). The van der Waals surface area contributed by atoms with Gasteiger partial charge in [0, 0.05) is 28.9 Å². The number of esters is 1. The number of nitrogens with one attached hydrogen (secondary N) is 1. The predicted octanol–water partition coefficient (Wildman–Crippen LogP) is 4.14. The monoisotopic (exact) mass is 474 g/mol. The molecule has 1 aromatic carbocycles. The maximum atomic E-state index is 12.1. The third kappa shape index (κ3) is 6.03. The molecule has 0 aliphatic carbocycles. The smallest absolute Gasteiger partial charge is 0.410 e. The van der Waals surface area contributed by atoms with E-state index in [0.29, 0.717) is 11.5 Å². The van der Waals surface area contributed by atoms with Gasteiger partial charge in [-0.1, -0.05) is 0 Å². The summed E-state index contributed by atoms with van der Waals surface area (Å²) in [7, 11) is 1.38. The van der Waals surface area contributed by atoms with Crippen molar-refractivity contribution in [3.8, 4) is 0 Å². The minimum atomic E-state index is -0.455. The predicted molar refractivity (Wildman–Crippen MR) is 110 cm³/mol. The van der Waals surface area contributed by atoms with Crippen molar-refractivity contribution in [1.82, 2.24) is 4.90 Å². The van der Waals surface area contributed by atoms with Crippen LogP contribution in [-0.4, -0.2) is 49.3 Å². The first-order valence-corrected chi connectivity index (χ1v) is 9.87. The molecule has 0 atom stereocenters. The molecule has 0 aromatic heterocycles. The molecule has 1 aliphatic rings. The van der Waals surface area contributed by atoms with E-state index in [4.69, 9.17) is 9.47 Å². The highest BCUT2D eigenvalue weighted by molar-refractivity contribution is 14.1. The molecule has 1 N–H and O–H groups in total. The highest BCUT2D eigenvalue weighted by Gasteiger charge is 2.26. The van der Waals surface area contributed by atoms with Crippen molar-refractivity contribution in [2.45, 2.75) is 39.2 Å². The molecule has 1 aromatic rings. The molecule has 7 heteroatoms. The number of amides is 1. The van der Waals surface area contributed by atoms with E-state index in [1.807, 2.05) is 32.9 Å². The van der Waals surface area contributed by atoms with Gasteiger partial charge in [0.25, 0.3) is 0 Å². The Hall–Kier alpha value is -1.51. The lowest BCUT2D eigenvalue weighted by Crippen LogP contribution is -2.42. The van der Waals surface area contributed by atoms with Crippen LogP contribution in [0.2, 0.25) is 0 Å². The Labute approximate surface area is 168 Å². The minimum Gasteiger partial charge on any atom is -0.465 e. The number of carbonyl (C=O) groups is 2. The van der Waals surface area contributed by atoms with Gasteiger partial charge in [-0.2, -0.15) is 0 Å². The summed E-state index contributed by atoms with van der Waals surface area (Å²) in [5.74, 6) is 0.182. The molecule has 1 saturated heterocycles. The van der Waals surface area contributed by atoms with Crippen LogP contribution in [-0.2, 0) is 9.47 Å². The number of carbonyl (C=O) groups excluding carboxylic acids is 2. The van der Waals surface area contributed by atoms with Gasteiger partial charge < -0.3 is 19.7 Å². The lowest BCUT2D eigenvalue weighted by Gasteiger charge is -2.33. The van der Waals surface area contributed by atoms with E-state index >= 15 is 0 Å². The average Bonchev–Trinajstić information content (AvgIpc) is 2.58. The van der Waals surface area contributed by atoms with Crippen LogP contribution in [0.25, 0.3) is 0 Å². The number of hydrogen-bond acceptors (Lipinski definition) is 5. The summed E-state index contributed by atoms with van der Waals surface area (Å²) in [5, 5.41) is 3.43. The number of benzene rings is 1. The standard InChI is InChI=1S/C19H27IN2O4/c1-19(2,3)26-18(24)22-9-7-13(8-10-22)12-21-14-5-6-15(16(20)11-14)17(23)25-4/h5-6,11,13,21H,7-10,12H2,1-4H3. The number of ether oxygens (including phenoxy) is 2. The molecule has 1 heterocycles. The molecule has 1 aliphatic heterocycles. The summed E-state index contributed by atoms with van der Waals surface area (Å²) in [6.45, 7) is 7.94. The Morgan fingerprint density at radius 1 is 1.27 bits per heavy atom. The van der Waals surface area contributed by atoms with E-state index < -0.39 is 5.60 Å². The van der Waals surface area contributed by atoms with E-state index in [1.54, 1.807) is 11.0 Å². The fourth-order valence-corrected chi connectivity index (χ4v) is 3.54. The summed E-state index contributed by atoms with van der Waals surface area (Å²) >= 11 is 2.14. The first-order valence-electron chi connectivity index (χ1n) is 8.79.